The second kappa shape index (κ2) is 7.92. The normalized spacial score (nSPS) is 22.6. The third-order valence-corrected chi connectivity index (χ3v) is 6.40. The van der Waals surface area contributed by atoms with Gasteiger partial charge in [0.1, 0.15) is 5.78 Å². The third kappa shape index (κ3) is 4.12. The Balaban J connectivity index is 1.83. The molecule has 1 aliphatic carbocycles. The zero-order chi connectivity index (χ0) is 22.3. The molecule has 0 spiro atoms. The summed E-state index contributed by atoms with van der Waals surface area (Å²) in [7, 11) is 0. The largest absolute Gasteiger partial charge is 0.322 e. The number of benzene rings is 2. The summed E-state index contributed by atoms with van der Waals surface area (Å²) in [5, 5.41) is 3.07. The molecule has 1 N–H and O–H groups in total. The minimum absolute atomic E-state index is 0.106. The van der Waals surface area contributed by atoms with Crippen molar-refractivity contribution >= 4 is 23.1 Å². The number of para-hydroxylation sites is 1. The van der Waals surface area contributed by atoms with Crippen LogP contribution < -0.4 is 5.32 Å². The summed E-state index contributed by atoms with van der Waals surface area (Å²) in [6.07, 6.45) is 1.28. The topological polar surface area (TPSA) is 58.5 Å². The number of fused-ring (bicyclic) bond motifs is 1. The van der Waals surface area contributed by atoms with Crippen LogP contribution in [0.2, 0.25) is 0 Å². The first-order chi connectivity index (χ1) is 14.7. The van der Waals surface area contributed by atoms with E-state index in [4.69, 9.17) is 4.99 Å². The van der Waals surface area contributed by atoms with Gasteiger partial charge in [-0.1, -0.05) is 61.9 Å². The summed E-state index contributed by atoms with van der Waals surface area (Å²) < 4.78 is 0. The number of carbonyl (C=O) groups is 2. The number of carbonyl (C=O) groups excluding carboxylic acids is 2. The van der Waals surface area contributed by atoms with Crippen molar-refractivity contribution < 1.29 is 9.59 Å². The molecule has 31 heavy (non-hydrogen) atoms. The first kappa shape index (κ1) is 21.2. The van der Waals surface area contributed by atoms with Crippen LogP contribution in [0.15, 0.2) is 64.8 Å². The number of allylic oxidation sites excluding steroid dienone is 1. The third-order valence-electron chi connectivity index (χ3n) is 6.40. The Morgan fingerprint density at radius 2 is 1.74 bits per heavy atom. The standard InChI is InChI=1S/C27H30N2O2/c1-16-9-8-11-19(13-16)24-23(26(31)29-20-12-7-6-10-17(20)2)18(3)28-21-14-27(4,5)15-22(30)25(21)24/h6-13,24-25H,14-15H2,1-5H3,(H,29,31)/t24-,25?/m1/s1. The van der Waals surface area contributed by atoms with Crippen LogP contribution in [0.4, 0.5) is 5.69 Å². The van der Waals surface area contributed by atoms with Gasteiger partial charge in [-0.2, -0.15) is 0 Å². The van der Waals surface area contributed by atoms with Crippen molar-refractivity contribution in [1.82, 2.24) is 0 Å². The molecule has 1 aliphatic heterocycles. The Bertz CT molecular complexity index is 1120. The number of aryl methyl sites for hydroxylation is 2. The number of amides is 1. The highest BCUT2D eigenvalue weighted by molar-refractivity contribution is 6.14. The SMILES string of the molecule is CC1=C(C(=O)Nc2ccccc2C)[C@@H](c2cccc(C)c2)C2C(=O)CC(C)(C)CC2=N1. The molecule has 1 fully saturated rings. The predicted molar refractivity (Wildman–Crippen MR) is 125 cm³/mol. The Labute approximate surface area is 184 Å². The molecule has 2 aromatic rings. The van der Waals surface area contributed by atoms with Crippen molar-refractivity contribution in [2.75, 3.05) is 5.32 Å². The summed E-state index contributed by atoms with van der Waals surface area (Å²) in [4.78, 5) is 31.8. The van der Waals surface area contributed by atoms with Gasteiger partial charge in [-0.05, 0) is 49.8 Å². The monoisotopic (exact) mass is 414 g/mol. The smallest absolute Gasteiger partial charge is 0.254 e. The fraction of sp³-hybridized carbons (Fsp3) is 0.370. The van der Waals surface area contributed by atoms with E-state index in [9.17, 15) is 9.59 Å². The van der Waals surface area contributed by atoms with Gasteiger partial charge in [0.15, 0.2) is 0 Å². The zero-order valence-corrected chi connectivity index (χ0v) is 19.0. The molecule has 4 heteroatoms. The average Bonchev–Trinajstić information content (AvgIpc) is 2.67. The van der Waals surface area contributed by atoms with E-state index in [0.29, 0.717) is 17.7 Å². The number of ketones is 1. The van der Waals surface area contributed by atoms with Gasteiger partial charge in [-0.15, -0.1) is 0 Å². The summed E-state index contributed by atoms with van der Waals surface area (Å²) in [5.41, 5.74) is 5.99. The molecule has 1 saturated carbocycles. The summed E-state index contributed by atoms with van der Waals surface area (Å²) in [6, 6.07) is 15.9. The molecule has 4 nitrogen and oxygen atoms in total. The van der Waals surface area contributed by atoms with E-state index in [1.165, 1.54) is 0 Å². The maximum Gasteiger partial charge on any atom is 0.254 e. The van der Waals surface area contributed by atoms with Gasteiger partial charge in [0.25, 0.3) is 5.91 Å². The first-order valence-corrected chi connectivity index (χ1v) is 10.9. The Kier molecular flexibility index (Phi) is 5.42. The van der Waals surface area contributed by atoms with Crippen molar-refractivity contribution in [2.24, 2.45) is 16.3 Å². The lowest BCUT2D eigenvalue weighted by molar-refractivity contribution is -0.124. The molecule has 2 atom stereocenters. The second-order valence-electron chi connectivity index (χ2n) is 9.72. The number of Topliss-reactive ketones (excluding diaryl/α,β-unsaturated/α-hetero) is 1. The van der Waals surface area contributed by atoms with Gasteiger partial charge in [0, 0.05) is 35.0 Å². The van der Waals surface area contributed by atoms with Gasteiger partial charge in [0.05, 0.1) is 5.92 Å². The maximum atomic E-state index is 13.6. The molecule has 0 radical (unpaired) electrons. The van der Waals surface area contributed by atoms with E-state index in [2.05, 4.69) is 25.2 Å². The molecule has 1 unspecified atom stereocenters. The number of nitrogens with one attached hydrogen (secondary N) is 1. The van der Waals surface area contributed by atoms with E-state index in [0.717, 1.165) is 34.5 Å². The highest BCUT2D eigenvalue weighted by Crippen LogP contribution is 2.47. The molecule has 160 valence electrons. The molecule has 0 saturated heterocycles. The van der Waals surface area contributed by atoms with Crippen molar-refractivity contribution in [3.8, 4) is 0 Å². The summed E-state index contributed by atoms with van der Waals surface area (Å²) in [5.74, 6) is -0.704. The van der Waals surface area contributed by atoms with Crippen LogP contribution in [0.5, 0.6) is 0 Å². The second-order valence-corrected chi connectivity index (χ2v) is 9.72. The minimum atomic E-state index is -0.379. The number of aliphatic imine (C=N–C) groups is 1. The van der Waals surface area contributed by atoms with Crippen molar-refractivity contribution in [1.29, 1.82) is 0 Å². The fourth-order valence-corrected chi connectivity index (χ4v) is 5.02. The van der Waals surface area contributed by atoms with Crippen LogP contribution in [0.3, 0.4) is 0 Å². The zero-order valence-electron chi connectivity index (χ0n) is 19.0. The Morgan fingerprint density at radius 1 is 1.00 bits per heavy atom. The molecule has 2 aromatic carbocycles. The highest BCUT2D eigenvalue weighted by atomic mass is 16.2. The van der Waals surface area contributed by atoms with E-state index in [1.807, 2.05) is 63.2 Å². The van der Waals surface area contributed by atoms with Crippen molar-refractivity contribution in [3.05, 3.63) is 76.5 Å². The highest BCUT2D eigenvalue weighted by Gasteiger charge is 2.47. The number of nitrogens with zero attached hydrogens (tertiary/aromatic N) is 1. The van der Waals surface area contributed by atoms with Crippen LogP contribution >= 0.6 is 0 Å². The lowest BCUT2D eigenvalue weighted by atomic mass is 9.63. The van der Waals surface area contributed by atoms with Crippen LogP contribution in [0.1, 0.15) is 56.2 Å². The maximum absolute atomic E-state index is 13.6. The molecule has 1 heterocycles. The number of rotatable bonds is 3. The van der Waals surface area contributed by atoms with Gasteiger partial charge in [0.2, 0.25) is 0 Å². The van der Waals surface area contributed by atoms with Crippen LogP contribution in [0, 0.1) is 25.2 Å². The average molecular weight is 415 g/mol. The summed E-state index contributed by atoms with van der Waals surface area (Å²) >= 11 is 0. The van der Waals surface area contributed by atoms with Gasteiger partial charge >= 0.3 is 0 Å². The van der Waals surface area contributed by atoms with E-state index in [-0.39, 0.29) is 28.9 Å². The molecule has 4 rings (SSSR count). The van der Waals surface area contributed by atoms with Crippen molar-refractivity contribution in [3.63, 3.8) is 0 Å². The number of hydrogen-bond acceptors (Lipinski definition) is 3. The molecular formula is C27H30N2O2. The minimum Gasteiger partial charge on any atom is -0.322 e. The van der Waals surface area contributed by atoms with Gasteiger partial charge in [-0.3, -0.25) is 14.6 Å². The number of hydrogen-bond donors (Lipinski definition) is 1. The van der Waals surface area contributed by atoms with Crippen LogP contribution in [-0.2, 0) is 9.59 Å². The van der Waals surface area contributed by atoms with E-state index in [1.54, 1.807) is 0 Å². The summed E-state index contributed by atoms with van der Waals surface area (Å²) in [6.45, 7) is 10.1. The quantitative estimate of drug-likeness (QED) is 0.694. The molecule has 2 aliphatic rings. The van der Waals surface area contributed by atoms with Gasteiger partial charge < -0.3 is 5.32 Å². The van der Waals surface area contributed by atoms with Gasteiger partial charge in [-0.25, -0.2) is 0 Å². The Morgan fingerprint density at radius 3 is 2.45 bits per heavy atom. The molecule has 1 amide bonds. The van der Waals surface area contributed by atoms with Crippen molar-refractivity contribution in [2.45, 2.75) is 53.4 Å². The molecule has 0 bridgehead atoms. The Hall–Kier alpha value is -3.01. The fourth-order valence-electron chi connectivity index (χ4n) is 5.02. The first-order valence-electron chi connectivity index (χ1n) is 10.9. The number of anilines is 1. The van der Waals surface area contributed by atoms with Crippen LogP contribution in [-0.4, -0.2) is 17.4 Å². The van der Waals surface area contributed by atoms with E-state index < -0.39 is 0 Å². The molecule has 0 aromatic heterocycles. The lowest BCUT2D eigenvalue weighted by Crippen LogP contribution is -2.44. The van der Waals surface area contributed by atoms with Crippen LogP contribution in [0.25, 0.3) is 0 Å². The molecular weight excluding hydrogens is 384 g/mol. The van der Waals surface area contributed by atoms with E-state index >= 15 is 0 Å². The predicted octanol–water partition coefficient (Wildman–Crippen LogP) is 5.76. The lowest BCUT2D eigenvalue weighted by Gasteiger charge is -2.41.